The summed E-state index contributed by atoms with van der Waals surface area (Å²) < 4.78 is 0.913. The Hall–Kier alpha value is -6.23. The highest BCUT2D eigenvalue weighted by Crippen LogP contribution is 2.42. The highest BCUT2D eigenvalue weighted by molar-refractivity contribution is 9.10. The zero-order valence-corrected chi connectivity index (χ0v) is 36.6. The van der Waals surface area contributed by atoms with Gasteiger partial charge in [-0.25, -0.2) is 9.59 Å². The van der Waals surface area contributed by atoms with Gasteiger partial charge >= 0.3 is 29.8 Å². The van der Waals surface area contributed by atoms with Gasteiger partial charge in [-0.05, 0) is 78.2 Å². The average molecular weight is 918 g/mol. The highest BCUT2D eigenvalue weighted by atomic mass is 79.9. The number of benzene rings is 5. The first-order valence-electron chi connectivity index (χ1n) is 19.1. The van der Waals surface area contributed by atoms with Crippen LogP contribution in [0.1, 0.15) is 54.1 Å². The average Bonchev–Trinajstić information content (AvgIpc) is 3.17. The van der Waals surface area contributed by atoms with Crippen LogP contribution in [-0.4, -0.2) is 73.7 Å². The molecule has 322 valence electrons. The molecule has 1 fully saturated rings. The van der Waals surface area contributed by atoms with E-state index in [0.29, 0.717) is 16.9 Å². The van der Waals surface area contributed by atoms with Crippen LogP contribution in [-0.2, 0) is 31.2 Å². The summed E-state index contributed by atoms with van der Waals surface area (Å²) in [4.78, 5) is 52.3. The lowest BCUT2D eigenvalue weighted by Crippen LogP contribution is -2.45. The Balaban J connectivity index is 0.000000240. The van der Waals surface area contributed by atoms with Crippen LogP contribution in [0, 0.1) is 11.8 Å². The molecule has 0 heterocycles. The molecule has 16 heteroatoms. The number of carboxylic acids is 5. The van der Waals surface area contributed by atoms with Crippen molar-refractivity contribution in [3.05, 3.63) is 130 Å². The number of azo groups is 1. The monoisotopic (exact) mass is 916 g/mol. The van der Waals surface area contributed by atoms with Crippen LogP contribution in [0.5, 0.6) is 5.75 Å². The molecule has 0 saturated heterocycles. The van der Waals surface area contributed by atoms with Crippen molar-refractivity contribution < 1.29 is 59.7 Å². The van der Waals surface area contributed by atoms with Crippen molar-refractivity contribution in [3.63, 3.8) is 0 Å². The Morgan fingerprint density at radius 2 is 1.39 bits per heavy atom. The van der Waals surface area contributed by atoms with Crippen LogP contribution in [0.2, 0.25) is 19.6 Å². The van der Waals surface area contributed by atoms with E-state index in [0.717, 1.165) is 40.1 Å². The van der Waals surface area contributed by atoms with E-state index < -0.39 is 49.4 Å². The number of aliphatic carboxylic acids is 4. The first-order valence-corrected chi connectivity index (χ1v) is 23.4. The van der Waals surface area contributed by atoms with E-state index in [1.165, 1.54) is 24.2 Å². The fraction of sp³-hybridized carbons (Fsp3) is 0.267. The maximum Gasteiger partial charge on any atom is 0.340 e. The predicted molar refractivity (Wildman–Crippen MR) is 236 cm³/mol. The maximum absolute atomic E-state index is 11.2. The van der Waals surface area contributed by atoms with Gasteiger partial charge in [0.2, 0.25) is 0 Å². The fourth-order valence-electron chi connectivity index (χ4n) is 5.98. The molecule has 5 aromatic carbocycles. The van der Waals surface area contributed by atoms with E-state index in [2.05, 4.69) is 57.9 Å². The number of fused-ring (bicyclic) bond motifs is 1. The minimum absolute atomic E-state index is 0.0594. The number of halogens is 1. The number of aromatic hydroxyl groups is 1. The zero-order valence-electron chi connectivity index (χ0n) is 34.0. The molecule has 1 saturated carbocycles. The molecule has 5 aromatic rings. The molecule has 1 aliphatic rings. The summed E-state index contributed by atoms with van der Waals surface area (Å²) in [7, 11) is -1.43. The van der Waals surface area contributed by atoms with Gasteiger partial charge in [-0.15, -0.1) is 5.11 Å². The molecule has 61 heavy (non-hydrogen) atoms. The van der Waals surface area contributed by atoms with Crippen LogP contribution in [0.3, 0.4) is 0 Å². The number of aliphatic hydroxyl groups is 1. The Morgan fingerprint density at radius 3 is 1.85 bits per heavy atom. The Kier molecular flexibility index (Phi) is 18.0. The minimum Gasteiger partial charge on any atom is -0.506 e. The number of carboxylic acid groups (broad SMARTS) is 5. The van der Waals surface area contributed by atoms with E-state index in [1.54, 1.807) is 54.6 Å². The molecule has 1 aliphatic carbocycles. The first-order chi connectivity index (χ1) is 28.7. The number of phenols is 1. The standard InChI is InChI=1S/C20H20N2O3Si.C12H14O3.C8H7BrO2.C5H8O4/c1-26(2,3)16-9-10-17-14(12-16)6-11-18(23)19(17)22-21-15-7-4-13(5-8-15)20(24)25;13-11(14)12(15,10-7-4-8-10)9-5-2-1-3-6-9;9-7-3-1-2-6(4-7)5-8(10)11;1-2-3(4(6)7)5(8)9/h4-12,23H,1-3H3,(H,24,25);1-3,5-6,10,15H,4,7-8H2,(H,13,14);1-4H,5H2,(H,10,11);3H,2H2,1H3,(H,6,7)(H,8,9). The lowest BCUT2D eigenvalue weighted by atomic mass is 9.70. The van der Waals surface area contributed by atoms with Crippen molar-refractivity contribution in [3.8, 4) is 5.75 Å². The molecule has 0 spiro atoms. The third kappa shape index (κ3) is 14.2. The molecule has 14 nitrogen and oxygen atoms in total. The molecular formula is C45H49BrN2O12Si. The van der Waals surface area contributed by atoms with Crippen molar-refractivity contribution in [2.45, 2.75) is 64.3 Å². The lowest BCUT2D eigenvalue weighted by Gasteiger charge is -2.38. The molecular weight excluding hydrogens is 868 g/mol. The van der Waals surface area contributed by atoms with Gasteiger partial charge in [0.25, 0.3) is 0 Å². The second kappa shape index (κ2) is 22.4. The second-order valence-electron chi connectivity index (χ2n) is 15.1. The van der Waals surface area contributed by atoms with Crippen molar-refractivity contribution >= 4 is 81.2 Å². The van der Waals surface area contributed by atoms with Crippen LogP contribution in [0.4, 0.5) is 11.4 Å². The SMILES string of the molecule is CCC(C(=O)O)C(=O)O.C[Si](C)(C)c1ccc2c(N=Nc3ccc(C(=O)O)cc3)c(O)ccc2c1.O=C(O)C(O)(c1ccccc1)C1CCC1.O=C(O)Cc1cccc(Br)c1. The topological polar surface area (TPSA) is 252 Å². The van der Waals surface area contributed by atoms with Gasteiger partial charge in [0.15, 0.2) is 11.5 Å². The number of phenolic OH excluding ortho intramolecular Hbond substituents is 1. The molecule has 7 N–H and O–H groups in total. The number of nitrogens with zero attached hydrogens (tertiary/aromatic N) is 2. The van der Waals surface area contributed by atoms with E-state index in [-0.39, 0.29) is 30.1 Å². The zero-order chi connectivity index (χ0) is 45.5. The van der Waals surface area contributed by atoms with Crippen molar-refractivity contribution in [2.75, 3.05) is 0 Å². The van der Waals surface area contributed by atoms with Gasteiger partial charge in [0.05, 0.1) is 25.7 Å². The summed E-state index contributed by atoms with van der Waals surface area (Å²) in [6.07, 6.45) is 2.80. The Bertz CT molecular complexity index is 2330. The van der Waals surface area contributed by atoms with Crippen molar-refractivity contribution in [1.29, 1.82) is 0 Å². The largest absolute Gasteiger partial charge is 0.506 e. The molecule has 1 unspecified atom stereocenters. The first kappa shape index (κ1) is 49.1. The summed E-state index contributed by atoms with van der Waals surface area (Å²) in [5.41, 5.74) is 0.724. The third-order valence-corrected chi connectivity index (χ3v) is 12.2. The van der Waals surface area contributed by atoms with Gasteiger partial charge < -0.3 is 35.7 Å². The number of carbonyl (C=O) groups is 5. The summed E-state index contributed by atoms with van der Waals surface area (Å²) in [6, 6.07) is 31.8. The lowest BCUT2D eigenvalue weighted by molar-refractivity contribution is -0.171. The number of hydrogen-bond acceptors (Lipinski definition) is 9. The normalized spacial score (nSPS) is 13.2. The molecule has 0 aliphatic heterocycles. The van der Waals surface area contributed by atoms with Crippen LogP contribution < -0.4 is 5.19 Å². The van der Waals surface area contributed by atoms with Crippen LogP contribution >= 0.6 is 15.9 Å². The molecule has 6 rings (SSSR count). The van der Waals surface area contributed by atoms with E-state index in [1.807, 2.05) is 30.3 Å². The second-order valence-corrected chi connectivity index (χ2v) is 21.1. The number of hydrogen-bond donors (Lipinski definition) is 7. The van der Waals surface area contributed by atoms with Crippen molar-refractivity contribution in [2.24, 2.45) is 22.1 Å². The summed E-state index contributed by atoms with van der Waals surface area (Å²) in [5.74, 6) is -6.80. The van der Waals surface area contributed by atoms with Crippen molar-refractivity contribution in [1.82, 2.24) is 0 Å². The van der Waals surface area contributed by atoms with Gasteiger partial charge in [-0.2, -0.15) is 5.11 Å². The van der Waals surface area contributed by atoms with E-state index >= 15 is 0 Å². The van der Waals surface area contributed by atoms with E-state index in [9.17, 15) is 39.3 Å². The molecule has 0 aromatic heterocycles. The molecule has 0 amide bonds. The number of aromatic carboxylic acids is 1. The fourth-order valence-corrected chi connectivity index (χ4v) is 7.60. The van der Waals surface area contributed by atoms with Gasteiger partial charge in [-0.3, -0.25) is 14.4 Å². The third-order valence-electron chi connectivity index (χ3n) is 9.70. The Labute approximate surface area is 362 Å². The van der Waals surface area contributed by atoms with Gasteiger partial charge in [0, 0.05) is 15.8 Å². The van der Waals surface area contributed by atoms with E-state index in [4.69, 9.17) is 20.4 Å². The molecule has 0 bridgehead atoms. The summed E-state index contributed by atoms with van der Waals surface area (Å²) in [5, 5.41) is 74.9. The highest BCUT2D eigenvalue weighted by Gasteiger charge is 2.48. The number of rotatable bonds is 12. The smallest absolute Gasteiger partial charge is 0.340 e. The molecule has 1 atom stereocenters. The molecule has 0 radical (unpaired) electrons. The Morgan fingerprint density at radius 1 is 0.770 bits per heavy atom. The predicted octanol–water partition coefficient (Wildman–Crippen LogP) is 9.22. The minimum atomic E-state index is -1.69. The van der Waals surface area contributed by atoms with Crippen LogP contribution in [0.25, 0.3) is 10.8 Å². The van der Waals surface area contributed by atoms with Gasteiger partial charge in [-0.1, -0.05) is 121 Å². The van der Waals surface area contributed by atoms with Gasteiger partial charge in [0.1, 0.15) is 11.4 Å². The quantitative estimate of drug-likeness (QED) is 0.0351. The summed E-state index contributed by atoms with van der Waals surface area (Å²) in [6.45, 7) is 8.38. The summed E-state index contributed by atoms with van der Waals surface area (Å²) >= 11 is 3.26. The maximum atomic E-state index is 11.2. The van der Waals surface area contributed by atoms with Crippen LogP contribution in [0.15, 0.2) is 124 Å².